The lowest BCUT2D eigenvalue weighted by molar-refractivity contribution is -0.126. The third-order valence-electron chi connectivity index (χ3n) is 4.51. The minimum atomic E-state index is -0.190. The first-order valence-corrected chi connectivity index (χ1v) is 9.54. The van der Waals surface area contributed by atoms with E-state index >= 15 is 0 Å². The topological polar surface area (TPSA) is 93.9 Å². The molecule has 1 fully saturated rings. The molecule has 158 valence electrons. The van der Waals surface area contributed by atoms with E-state index in [1.54, 1.807) is 30.2 Å². The van der Waals surface area contributed by atoms with Crippen LogP contribution in [0.15, 0.2) is 18.2 Å². The fourth-order valence-electron chi connectivity index (χ4n) is 3.07. The van der Waals surface area contributed by atoms with Gasteiger partial charge in [0.1, 0.15) is 0 Å². The summed E-state index contributed by atoms with van der Waals surface area (Å²) in [5, 5.41) is 2.81. The van der Waals surface area contributed by atoms with Crippen molar-refractivity contribution >= 4 is 24.2 Å². The number of ether oxygens (including phenoxy) is 2. The molecule has 0 aromatic heterocycles. The molecule has 1 aliphatic heterocycles. The predicted molar refractivity (Wildman–Crippen MR) is 111 cm³/mol. The number of nitrogens with two attached hydrogens (primary N) is 1. The maximum Gasteiger partial charge on any atom is 0.254 e. The predicted octanol–water partition coefficient (Wildman–Crippen LogP) is 2.08. The molecule has 0 radical (unpaired) electrons. The first-order chi connectivity index (χ1) is 13.0. The number of halogens is 1. The molecule has 0 spiro atoms. The molecular formula is C20H32ClN3O4. The van der Waals surface area contributed by atoms with Crippen molar-refractivity contribution in [2.75, 3.05) is 39.9 Å². The van der Waals surface area contributed by atoms with Crippen LogP contribution >= 0.6 is 12.4 Å². The largest absolute Gasteiger partial charge is 0.493 e. The lowest BCUT2D eigenvalue weighted by Gasteiger charge is -2.32. The number of hydrogen-bond acceptors (Lipinski definition) is 5. The van der Waals surface area contributed by atoms with Crippen LogP contribution in [0.4, 0.5) is 0 Å². The highest BCUT2D eigenvalue weighted by Gasteiger charge is 2.29. The van der Waals surface area contributed by atoms with E-state index in [4.69, 9.17) is 15.2 Å². The van der Waals surface area contributed by atoms with Gasteiger partial charge in [0.25, 0.3) is 5.91 Å². The molecule has 28 heavy (non-hydrogen) atoms. The van der Waals surface area contributed by atoms with Gasteiger partial charge in [0.2, 0.25) is 5.91 Å². The number of carbonyl (C=O) groups excluding carboxylic acids is 2. The Kier molecular flexibility index (Phi) is 10.1. The highest BCUT2D eigenvalue weighted by atomic mass is 35.5. The molecule has 2 rings (SSSR count). The molecule has 1 heterocycles. The van der Waals surface area contributed by atoms with Crippen LogP contribution in [0.5, 0.6) is 11.5 Å². The Morgan fingerprint density at radius 2 is 2.07 bits per heavy atom. The number of nitrogens with one attached hydrogen (secondary N) is 1. The molecule has 7 nitrogen and oxygen atoms in total. The Bertz CT molecular complexity index is 654. The Morgan fingerprint density at radius 3 is 2.71 bits per heavy atom. The van der Waals surface area contributed by atoms with Gasteiger partial charge in [-0.25, -0.2) is 0 Å². The fraction of sp³-hybridized carbons (Fsp3) is 0.600. The van der Waals surface area contributed by atoms with E-state index in [9.17, 15) is 9.59 Å². The second-order valence-electron chi connectivity index (χ2n) is 7.24. The lowest BCUT2D eigenvalue weighted by atomic mass is 9.96. The molecule has 0 aliphatic carbocycles. The van der Waals surface area contributed by atoms with E-state index in [1.165, 1.54) is 0 Å². The van der Waals surface area contributed by atoms with Crippen molar-refractivity contribution in [2.45, 2.75) is 26.7 Å². The van der Waals surface area contributed by atoms with Crippen LogP contribution < -0.4 is 20.5 Å². The van der Waals surface area contributed by atoms with Crippen LogP contribution in [-0.2, 0) is 4.79 Å². The van der Waals surface area contributed by atoms with E-state index in [1.807, 2.05) is 0 Å². The number of nitrogens with zero attached hydrogens (tertiary/aromatic N) is 1. The molecule has 1 aromatic carbocycles. The van der Waals surface area contributed by atoms with Crippen LogP contribution in [0.3, 0.4) is 0 Å². The highest BCUT2D eigenvalue weighted by molar-refractivity contribution is 5.95. The maximum atomic E-state index is 12.9. The van der Waals surface area contributed by atoms with Crippen molar-refractivity contribution in [2.24, 2.45) is 17.6 Å². The van der Waals surface area contributed by atoms with Gasteiger partial charge in [-0.05, 0) is 37.0 Å². The summed E-state index contributed by atoms with van der Waals surface area (Å²) < 4.78 is 11.1. The van der Waals surface area contributed by atoms with Crippen molar-refractivity contribution in [1.29, 1.82) is 0 Å². The zero-order chi connectivity index (χ0) is 19.8. The molecule has 1 aromatic rings. The molecule has 0 saturated carbocycles. The number of benzene rings is 1. The van der Waals surface area contributed by atoms with Gasteiger partial charge in [0.05, 0.1) is 19.6 Å². The minimum Gasteiger partial charge on any atom is -0.493 e. The van der Waals surface area contributed by atoms with Crippen molar-refractivity contribution in [3.63, 3.8) is 0 Å². The first kappa shape index (κ1) is 24.0. The smallest absolute Gasteiger partial charge is 0.254 e. The molecule has 1 unspecified atom stereocenters. The summed E-state index contributed by atoms with van der Waals surface area (Å²) in [5.74, 6) is 1.24. The molecular weight excluding hydrogens is 382 g/mol. The van der Waals surface area contributed by atoms with Crippen molar-refractivity contribution in [3.8, 4) is 11.5 Å². The summed E-state index contributed by atoms with van der Waals surface area (Å²) in [7, 11) is 1.56. The molecule has 8 heteroatoms. The monoisotopic (exact) mass is 413 g/mol. The van der Waals surface area contributed by atoms with Gasteiger partial charge >= 0.3 is 0 Å². The normalized spacial score (nSPS) is 16.3. The van der Waals surface area contributed by atoms with Crippen LogP contribution in [0.2, 0.25) is 0 Å². The zero-order valence-electron chi connectivity index (χ0n) is 16.9. The summed E-state index contributed by atoms with van der Waals surface area (Å²) in [6.07, 6.45) is 1.59. The van der Waals surface area contributed by atoms with E-state index in [-0.39, 0.29) is 30.1 Å². The molecule has 3 N–H and O–H groups in total. The van der Waals surface area contributed by atoms with Crippen LogP contribution in [-0.4, -0.2) is 56.6 Å². The van der Waals surface area contributed by atoms with Gasteiger partial charge in [-0.3, -0.25) is 9.59 Å². The standard InChI is InChI=1S/C20H31N3O4.ClH/c1-14(2)13-27-17-7-6-15(11-18(17)26-3)20(25)23-10-4-5-16(12-23)19(24)22-9-8-21;/h6-7,11,14,16H,4-5,8-10,12-13,21H2,1-3H3,(H,22,24);1H. The average Bonchev–Trinajstić information content (AvgIpc) is 2.69. The van der Waals surface area contributed by atoms with E-state index < -0.39 is 0 Å². The Hall–Kier alpha value is -1.99. The highest BCUT2D eigenvalue weighted by Crippen LogP contribution is 2.29. The average molecular weight is 414 g/mol. The molecule has 0 bridgehead atoms. The summed E-state index contributed by atoms with van der Waals surface area (Å²) in [5.41, 5.74) is 5.97. The summed E-state index contributed by atoms with van der Waals surface area (Å²) in [6, 6.07) is 5.22. The van der Waals surface area contributed by atoms with Gasteiger partial charge in [-0.1, -0.05) is 13.8 Å². The number of methoxy groups -OCH3 is 1. The number of piperidine rings is 1. The summed E-state index contributed by atoms with van der Waals surface area (Å²) in [4.78, 5) is 26.8. The van der Waals surface area contributed by atoms with Gasteiger partial charge in [-0.2, -0.15) is 0 Å². The van der Waals surface area contributed by atoms with Crippen molar-refractivity contribution in [3.05, 3.63) is 23.8 Å². The second-order valence-corrected chi connectivity index (χ2v) is 7.24. The Morgan fingerprint density at radius 1 is 1.32 bits per heavy atom. The van der Waals surface area contributed by atoms with Gasteiger partial charge in [0.15, 0.2) is 11.5 Å². The third kappa shape index (κ3) is 6.56. The molecule has 1 saturated heterocycles. The molecule has 1 atom stereocenters. The van der Waals surface area contributed by atoms with Crippen LogP contribution in [0.1, 0.15) is 37.0 Å². The second kappa shape index (κ2) is 11.8. The van der Waals surface area contributed by atoms with E-state index in [2.05, 4.69) is 19.2 Å². The van der Waals surface area contributed by atoms with Gasteiger partial charge in [0, 0.05) is 31.7 Å². The van der Waals surface area contributed by atoms with E-state index in [0.717, 1.165) is 12.8 Å². The summed E-state index contributed by atoms with van der Waals surface area (Å²) >= 11 is 0. The number of rotatable bonds is 8. The zero-order valence-corrected chi connectivity index (χ0v) is 17.7. The van der Waals surface area contributed by atoms with Crippen LogP contribution in [0.25, 0.3) is 0 Å². The van der Waals surface area contributed by atoms with E-state index in [0.29, 0.717) is 55.8 Å². The number of hydrogen-bond donors (Lipinski definition) is 2. The number of carbonyl (C=O) groups is 2. The quantitative estimate of drug-likeness (QED) is 0.680. The molecule has 1 aliphatic rings. The van der Waals surface area contributed by atoms with Crippen LogP contribution in [0, 0.1) is 11.8 Å². The summed E-state index contributed by atoms with van der Waals surface area (Å²) in [6.45, 7) is 6.65. The number of likely N-dealkylation sites (tertiary alicyclic amines) is 1. The Balaban J connectivity index is 0.00000392. The van der Waals surface area contributed by atoms with Crippen molar-refractivity contribution < 1.29 is 19.1 Å². The minimum absolute atomic E-state index is 0. The SMILES string of the molecule is COc1cc(C(=O)N2CCCC(C(=O)NCCN)C2)ccc1OCC(C)C.Cl. The van der Waals surface area contributed by atoms with Gasteiger partial charge < -0.3 is 25.4 Å². The fourth-order valence-corrected chi connectivity index (χ4v) is 3.07. The van der Waals surface area contributed by atoms with Gasteiger partial charge in [-0.15, -0.1) is 12.4 Å². The number of amides is 2. The van der Waals surface area contributed by atoms with Crippen molar-refractivity contribution in [1.82, 2.24) is 10.2 Å². The lowest BCUT2D eigenvalue weighted by Crippen LogP contribution is -2.46. The maximum absolute atomic E-state index is 12.9. The Labute approximate surface area is 173 Å². The first-order valence-electron chi connectivity index (χ1n) is 9.54. The third-order valence-corrected chi connectivity index (χ3v) is 4.51. The molecule has 2 amide bonds.